The summed E-state index contributed by atoms with van der Waals surface area (Å²) in [5.74, 6) is -0.0497. The Morgan fingerprint density at radius 1 is 1.26 bits per heavy atom. The van der Waals surface area contributed by atoms with Gasteiger partial charge < -0.3 is 11.1 Å². The van der Waals surface area contributed by atoms with Gasteiger partial charge in [-0.05, 0) is 69.3 Å². The Kier molecular flexibility index (Phi) is 5.03. The van der Waals surface area contributed by atoms with Gasteiger partial charge in [-0.25, -0.2) is 0 Å². The van der Waals surface area contributed by atoms with Crippen molar-refractivity contribution in [2.75, 3.05) is 5.32 Å². The Labute approximate surface area is 130 Å². The summed E-state index contributed by atoms with van der Waals surface area (Å²) in [6.07, 6.45) is 4.04. The highest BCUT2D eigenvalue weighted by atomic mass is 79.9. The first-order valence-corrected chi connectivity index (χ1v) is 8.09. The minimum atomic E-state index is -0.0751. The smallest absolute Gasteiger partial charge is 0.229 e. The average Bonchev–Trinajstić information content (AvgIpc) is 2.34. The Morgan fingerprint density at radius 3 is 2.42 bits per heavy atom. The molecule has 1 saturated carbocycles. The molecule has 0 saturated heterocycles. The van der Waals surface area contributed by atoms with Crippen LogP contribution in [0.4, 0.5) is 5.69 Å². The molecule has 0 radical (unpaired) electrons. The molecule has 2 atom stereocenters. The number of carbonyl (C=O) groups is 1. The van der Waals surface area contributed by atoms with Crippen molar-refractivity contribution < 1.29 is 4.79 Å². The lowest BCUT2D eigenvalue weighted by Gasteiger charge is -2.27. The van der Waals surface area contributed by atoms with Crippen LogP contribution >= 0.6 is 31.9 Å². The van der Waals surface area contributed by atoms with Crippen molar-refractivity contribution >= 4 is 43.5 Å². The molecule has 3 N–H and O–H groups in total. The minimum Gasteiger partial charge on any atom is -0.327 e. The van der Waals surface area contributed by atoms with Crippen LogP contribution in [-0.2, 0) is 4.79 Å². The van der Waals surface area contributed by atoms with Gasteiger partial charge in [-0.1, -0.05) is 12.8 Å². The molecule has 19 heavy (non-hydrogen) atoms. The normalized spacial score (nSPS) is 23.2. The number of nitrogens with one attached hydrogen (secondary N) is 1. The third-order valence-corrected chi connectivity index (χ3v) is 4.84. The van der Waals surface area contributed by atoms with Crippen molar-refractivity contribution in [1.29, 1.82) is 0 Å². The number of nitrogens with two attached hydrogens (primary N) is 1. The van der Waals surface area contributed by atoms with E-state index in [2.05, 4.69) is 37.2 Å². The van der Waals surface area contributed by atoms with Crippen molar-refractivity contribution in [3.63, 3.8) is 0 Å². The number of benzene rings is 1. The third kappa shape index (κ3) is 3.58. The fourth-order valence-corrected chi connectivity index (χ4v) is 4.13. The standard InChI is InChI=1S/C14H18Br2N2O/c1-8-6-10(15)13(11(16)7-8)18-14(19)9-4-2-3-5-12(9)17/h6-7,9,12H,2-5,17H2,1H3,(H,18,19). The first kappa shape index (κ1) is 15.0. The number of aryl methyl sites for hydroxylation is 1. The summed E-state index contributed by atoms with van der Waals surface area (Å²) in [5, 5.41) is 2.99. The van der Waals surface area contributed by atoms with Gasteiger partial charge in [0.1, 0.15) is 0 Å². The second-order valence-corrected chi connectivity index (χ2v) is 6.86. The lowest BCUT2D eigenvalue weighted by atomic mass is 9.84. The van der Waals surface area contributed by atoms with Gasteiger partial charge in [0, 0.05) is 15.0 Å². The maximum Gasteiger partial charge on any atom is 0.229 e. The number of anilines is 1. The Bertz CT molecular complexity index is 467. The van der Waals surface area contributed by atoms with E-state index in [1.54, 1.807) is 0 Å². The van der Waals surface area contributed by atoms with Crippen LogP contribution in [0.25, 0.3) is 0 Å². The second kappa shape index (κ2) is 6.37. The van der Waals surface area contributed by atoms with Crippen molar-refractivity contribution in [2.24, 2.45) is 11.7 Å². The summed E-state index contributed by atoms with van der Waals surface area (Å²) in [5.41, 5.74) is 7.97. The SMILES string of the molecule is Cc1cc(Br)c(NC(=O)C2CCCCC2N)c(Br)c1. The molecule has 1 aliphatic carbocycles. The molecule has 104 valence electrons. The van der Waals surface area contributed by atoms with Crippen LogP contribution in [0.15, 0.2) is 21.1 Å². The summed E-state index contributed by atoms with van der Waals surface area (Å²) in [6, 6.07) is 3.96. The van der Waals surface area contributed by atoms with Gasteiger partial charge in [-0.15, -0.1) is 0 Å². The third-order valence-electron chi connectivity index (χ3n) is 3.59. The van der Waals surface area contributed by atoms with Crippen molar-refractivity contribution in [2.45, 2.75) is 38.6 Å². The van der Waals surface area contributed by atoms with E-state index in [9.17, 15) is 4.79 Å². The minimum absolute atomic E-state index is 0.0169. The van der Waals surface area contributed by atoms with E-state index < -0.39 is 0 Å². The molecule has 2 unspecified atom stereocenters. The number of hydrogen-bond acceptors (Lipinski definition) is 2. The van der Waals surface area contributed by atoms with Crippen LogP contribution in [0.5, 0.6) is 0 Å². The van der Waals surface area contributed by atoms with Crippen molar-refractivity contribution in [3.8, 4) is 0 Å². The molecule has 0 aromatic heterocycles. The van der Waals surface area contributed by atoms with Crippen LogP contribution < -0.4 is 11.1 Å². The van der Waals surface area contributed by atoms with E-state index >= 15 is 0 Å². The first-order chi connectivity index (χ1) is 8.99. The lowest BCUT2D eigenvalue weighted by Crippen LogP contribution is -2.40. The van der Waals surface area contributed by atoms with E-state index in [0.717, 1.165) is 45.9 Å². The van der Waals surface area contributed by atoms with Gasteiger partial charge in [0.15, 0.2) is 0 Å². The fourth-order valence-electron chi connectivity index (χ4n) is 2.52. The highest BCUT2D eigenvalue weighted by Crippen LogP contribution is 2.33. The molecule has 0 spiro atoms. The Balaban J connectivity index is 2.14. The average molecular weight is 390 g/mol. The van der Waals surface area contributed by atoms with Gasteiger partial charge in [-0.3, -0.25) is 4.79 Å². The topological polar surface area (TPSA) is 55.1 Å². The highest BCUT2D eigenvalue weighted by Gasteiger charge is 2.28. The van der Waals surface area contributed by atoms with Gasteiger partial charge in [0.25, 0.3) is 0 Å². The predicted molar refractivity (Wildman–Crippen MR) is 85.1 cm³/mol. The molecule has 3 nitrogen and oxygen atoms in total. The number of hydrogen-bond donors (Lipinski definition) is 2. The summed E-state index contributed by atoms with van der Waals surface area (Å²) in [7, 11) is 0. The summed E-state index contributed by atoms with van der Waals surface area (Å²) >= 11 is 6.98. The quantitative estimate of drug-likeness (QED) is 0.803. The van der Waals surface area contributed by atoms with Crippen LogP contribution in [0.3, 0.4) is 0 Å². The molecule has 2 rings (SSSR count). The molecule has 0 aliphatic heterocycles. The summed E-state index contributed by atoms with van der Waals surface area (Å²) < 4.78 is 1.77. The molecular formula is C14H18Br2N2O. The van der Waals surface area contributed by atoms with Crippen molar-refractivity contribution in [1.82, 2.24) is 0 Å². The summed E-state index contributed by atoms with van der Waals surface area (Å²) in [6.45, 7) is 2.01. The highest BCUT2D eigenvalue weighted by molar-refractivity contribution is 9.11. The predicted octanol–water partition coefficient (Wildman–Crippen LogP) is 3.98. The van der Waals surface area contributed by atoms with E-state index in [-0.39, 0.29) is 17.9 Å². The molecule has 1 aromatic rings. The van der Waals surface area contributed by atoms with Gasteiger partial charge in [0.2, 0.25) is 5.91 Å². The van der Waals surface area contributed by atoms with E-state index in [4.69, 9.17) is 5.73 Å². The van der Waals surface area contributed by atoms with E-state index in [1.165, 1.54) is 0 Å². The molecule has 5 heteroatoms. The van der Waals surface area contributed by atoms with Crippen molar-refractivity contribution in [3.05, 3.63) is 26.6 Å². The molecular weight excluding hydrogens is 372 g/mol. The zero-order valence-electron chi connectivity index (χ0n) is 10.9. The van der Waals surface area contributed by atoms with Gasteiger partial charge in [0.05, 0.1) is 11.6 Å². The Hall–Kier alpha value is -0.390. The molecule has 1 aliphatic rings. The molecule has 1 fully saturated rings. The van der Waals surface area contributed by atoms with Crippen LogP contribution in [0.2, 0.25) is 0 Å². The number of amides is 1. The Morgan fingerprint density at radius 2 is 1.84 bits per heavy atom. The van der Waals surface area contributed by atoms with E-state index in [0.29, 0.717) is 0 Å². The van der Waals surface area contributed by atoms with Crippen LogP contribution in [0.1, 0.15) is 31.2 Å². The fraction of sp³-hybridized carbons (Fsp3) is 0.500. The first-order valence-electron chi connectivity index (χ1n) is 6.51. The largest absolute Gasteiger partial charge is 0.327 e. The molecule has 1 amide bonds. The monoisotopic (exact) mass is 388 g/mol. The molecule has 1 aromatic carbocycles. The maximum absolute atomic E-state index is 12.3. The van der Waals surface area contributed by atoms with Gasteiger partial charge >= 0.3 is 0 Å². The number of halogens is 2. The number of carbonyl (C=O) groups excluding carboxylic acids is 1. The second-order valence-electron chi connectivity index (χ2n) is 5.15. The summed E-state index contributed by atoms with van der Waals surface area (Å²) in [4.78, 5) is 12.3. The van der Waals surface area contributed by atoms with Gasteiger partial charge in [-0.2, -0.15) is 0 Å². The zero-order chi connectivity index (χ0) is 14.0. The maximum atomic E-state index is 12.3. The number of rotatable bonds is 2. The molecule has 0 bridgehead atoms. The van der Waals surface area contributed by atoms with Crippen LogP contribution in [0, 0.1) is 12.8 Å². The van der Waals surface area contributed by atoms with Crippen LogP contribution in [-0.4, -0.2) is 11.9 Å². The zero-order valence-corrected chi connectivity index (χ0v) is 14.1. The lowest BCUT2D eigenvalue weighted by molar-refractivity contribution is -0.121. The molecule has 0 heterocycles. The van der Waals surface area contributed by atoms with E-state index in [1.807, 2.05) is 19.1 Å².